The molecule has 0 aliphatic rings. The lowest BCUT2D eigenvalue weighted by atomic mass is 10.1. The molecule has 0 fully saturated rings. The Labute approximate surface area is 81.4 Å². The zero-order chi connectivity index (χ0) is 8.97. The Balaban J connectivity index is 3.00. The Kier molecular flexibility index (Phi) is 3.50. The van der Waals surface area contributed by atoms with Crippen molar-refractivity contribution in [2.24, 2.45) is 5.73 Å². The zero-order valence-corrected chi connectivity index (χ0v) is 8.64. The molecule has 1 rings (SSSR count). The Morgan fingerprint density at radius 2 is 2.25 bits per heavy atom. The second-order valence-corrected chi connectivity index (χ2v) is 3.41. The third kappa shape index (κ3) is 2.19. The molecule has 0 bridgehead atoms. The van der Waals surface area contributed by atoms with E-state index in [1.54, 1.807) is 0 Å². The van der Waals surface area contributed by atoms with Crippen molar-refractivity contribution in [1.29, 1.82) is 0 Å². The number of halogens is 1. The van der Waals surface area contributed by atoms with E-state index in [4.69, 9.17) is 5.73 Å². The summed E-state index contributed by atoms with van der Waals surface area (Å²) in [5.74, 6) is 0. The molecule has 0 heterocycles. The van der Waals surface area contributed by atoms with Crippen LogP contribution in [-0.4, -0.2) is 6.54 Å². The topological polar surface area (TPSA) is 26.0 Å². The van der Waals surface area contributed by atoms with E-state index in [0.717, 1.165) is 4.47 Å². The van der Waals surface area contributed by atoms with Crippen molar-refractivity contribution in [1.82, 2.24) is 0 Å². The van der Waals surface area contributed by atoms with Crippen molar-refractivity contribution < 1.29 is 0 Å². The van der Waals surface area contributed by atoms with Crippen LogP contribution in [0.4, 0.5) is 0 Å². The van der Waals surface area contributed by atoms with Crippen LogP contribution >= 0.6 is 15.9 Å². The van der Waals surface area contributed by atoms with Crippen molar-refractivity contribution in [3.05, 3.63) is 39.9 Å². The summed E-state index contributed by atoms with van der Waals surface area (Å²) >= 11 is 3.52. The van der Waals surface area contributed by atoms with Gasteiger partial charge in [0.15, 0.2) is 0 Å². The molecule has 0 aliphatic carbocycles. The molecule has 1 aromatic rings. The molecule has 0 radical (unpaired) electrons. The van der Waals surface area contributed by atoms with E-state index in [-0.39, 0.29) is 0 Å². The zero-order valence-electron chi connectivity index (χ0n) is 7.05. The summed E-state index contributed by atoms with van der Waals surface area (Å²) in [6.07, 6.45) is 3.97. The van der Waals surface area contributed by atoms with Crippen molar-refractivity contribution in [2.45, 2.75) is 6.92 Å². The van der Waals surface area contributed by atoms with Gasteiger partial charge in [-0.25, -0.2) is 0 Å². The number of rotatable bonds is 2. The van der Waals surface area contributed by atoms with Gasteiger partial charge >= 0.3 is 0 Å². The smallest absolute Gasteiger partial charge is 0.0276 e. The fraction of sp³-hybridized carbons (Fsp3) is 0.200. The van der Waals surface area contributed by atoms with E-state index in [1.165, 1.54) is 11.1 Å². The van der Waals surface area contributed by atoms with Gasteiger partial charge in [-0.3, -0.25) is 0 Å². The number of aryl methyl sites for hydroxylation is 1. The summed E-state index contributed by atoms with van der Waals surface area (Å²) < 4.78 is 1.15. The van der Waals surface area contributed by atoms with Crippen LogP contribution in [0.3, 0.4) is 0 Å². The van der Waals surface area contributed by atoms with Crippen molar-refractivity contribution >= 4 is 22.0 Å². The van der Waals surface area contributed by atoms with Gasteiger partial charge in [-0.05, 0) is 34.0 Å². The van der Waals surface area contributed by atoms with Gasteiger partial charge in [-0.2, -0.15) is 0 Å². The monoisotopic (exact) mass is 225 g/mol. The van der Waals surface area contributed by atoms with Crippen LogP contribution in [-0.2, 0) is 0 Å². The molecule has 0 saturated heterocycles. The van der Waals surface area contributed by atoms with Crippen molar-refractivity contribution in [2.75, 3.05) is 6.54 Å². The minimum atomic E-state index is 0.584. The van der Waals surface area contributed by atoms with Gasteiger partial charge in [-0.15, -0.1) is 0 Å². The summed E-state index contributed by atoms with van der Waals surface area (Å²) in [7, 11) is 0. The van der Waals surface area contributed by atoms with E-state index in [1.807, 2.05) is 18.2 Å². The van der Waals surface area contributed by atoms with Gasteiger partial charge in [0.1, 0.15) is 0 Å². The number of hydrogen-bond acceptors (Lipinski definition) is 1. The maximum Gasteiger partial charge on any atom is 0.0276 e. The minimum absolute atomic E-state index is 0.584. The fourth-order valence-electron chi connectivity index (χ4n) is 0.994. The quantitative estimate of drug-likeness (QED) is 0.824. The Hall–Kier alpha value is -0.600. The molecule has 1 aromatic carbocycles. The number of benzene rings is 1. The normalized spacial score (nSPS) is 10.9. The molecule has 0 aromatic heterocycles. The third-order valence-corrected chi connectivity index (χ3v) is 2.74. The van der Waals surface area contributed by atoms with E-state index < -0.39 is 0 Å². The van der Waals surface area contributed by atoms with E-state index in [2.05, 4.69) is 35.0 Å². The molecule has 64 valence electrons. The Morgan fingerprint density at radius 3 is 2.92 bits per heavy atom. The fourth-order valence-corrected chi connectivity index (χ4v) is 1.39. The van der Waals surface area contributed by atoms with Crippen molar-refractivity contribution in [3.8, 4) is 0 Å². The lowest BCUT2D eigenvalue weighted by Gasteiger charge is -2.01. The highest BCUT2D eigenvalue weighted by Gasteiger charge is 1.96. The third-order valence-electron chi connectivity index (χ3n) is 1.66. The van der Waals surface area contributed by atoms with Crippen LogP contribution in [0.5, 0.6) is 0 Å². The average molecular weight is 226 g/mol. The molecule has 2 N–H and O–H groups in total. The maximum absolute atomic E-state index is 5.36. The lowest BCUT2D eigenvalue weighted by Crippen LogP contribution is -1.92. The van der Waals surface area contributed by atoms with Gasteiger partial charge in [0.25, 0.3) is 0 Å². The van der Waals surface area contributed by atoms with E-state index in [9.17, 15) is 0 Å². The van der Waals surface area contributed by atoms with Crippen LogP contribution in [0.25, 0.3) is 6.08 Å². The lowest BCUT2D eigenvalue weighted by molar-refractivity contribution is 1.26. The molecule has 2 heteroatoms. The largest absolute Gasteiger partial charge is 0.327 e. The Morgan fingerprint density at radius 1 is 1.50 bits per heavy atom. The first-order valence-electron chi connectivity index (χ1n) is 3.87. The summed E-state index contributed by atoms with van der Waals surface area (Å²) in [5.41, 5.74) is 7.79. The second-order valence-electron chi connectivity index (χ2n) is 2.62. The van der Waals surface area contributed by atoms with Gasteiger partial charge in [-0.1, -0.05) is 30.4 Å². The molecular formula is C10H12BrN. The summed E-state index contributed by atoms with van der Waals surface area (Å²) in [6, 6.07) is 6.17. The Bertz CT molecular complexity index is 292. The highest BCUT2D eigenvalue weighted by atomic mass is 79.9. The van der Waals surface area contributed by atoms with Crippen LogP contribution < -0.4 is 5.73 Å². The standard InChI is InChI=1S/C10H12BrN/c1-8-4-2-5-9(10(8)11)6-3-7-12/h2-6H,7,12H2,1H3/b6-3+. The highest BCUT2D eigenvalue weighted by Crippen LogP contribution is 2.21. The summed E-state index contributed by atoms with van der Waals surface area (Å²) in [5, 5.41) is 0. The SMILES string of the molecule is Cc1cccc(/C=C/CN)c1Br. The molecule has 0 aliphatic heterocycles. The van der Waals surface area contributed by atoms with Gasteiger partial charge in [0.05, 0.1) is 0 Å². The van der Waals surface area contributed by atoms with E-state index >= 15 is 0 Å². The first-order chi connectivity index (χ1) is 5.75. The average Bonchev–Trinajstić information content (AvgIpc) is 2.08. The minimum Gasteiger partial charge on any atom is -0.327 e. The molecule has 12 heavy (non-hydrogen) atoms. The first kappa shape index (κ1) is 9.49. The summed E-state index contributed by atoms with van der Waals surface area (Å²) in [6.45, 7) is 2.66. The van der Waals surface area contributed by atoms with Crippen LogP contribution in [0.1, 0.15) is 11.1 Å². The molecule has 0 saturated carbocycles. The van der Waals surface area contributed by atoms with E-state index in [0.29, 0.717) is 6.54 Å². The van der Waals surface area contributed by atoms with Gasteiger partial charge in [0.2, 0.25) is 0 Å². The summed E-state index contributed by atoms with van der Waals surface area (Å²) in [4.78, 5) is 0. The van der Waals surface area contributed by atoms with Crippen molar-refractivity contribution in [3.63, 3.8) is 0 Å². The molecular weight excluding hydrogens is 214 g/mol. The number of hydrogen-bond donors (Lipinski definition) is 1. The maximum atomic E-state index is 5.36. The molecule has 0 unspecified atom stereocenters. The van der Waals surface area contributed by atoms with Crippen LogP contribution in [0.2, 0.25) is 0 Å². The van der Waals surface area contributed by atoms with Crippen LogP contribution in [0, 0.1) is 6.92 Å². The predicted molar refractivity (Wildman–Crippen MR) is 57.0 cm³/mol. The molecule has 0 atom stereocenters. The predicted octanol–water partition coefficient (Wildman–Crippen LogP) is 2.73. The van der Waals surface area contributed by atoms with Crippen LogP contribution in [0.15, 0.2) is 28.7 Å². The molecule has 0 amide bonds. The molecule has 1 nitrogen and oxygen atoms in total. The molecule has 0 spiro atoms. The van der Waals surface area contributed by atoms with Gasteiger partial charge < -0.3 is 5.73 Å². The second kappa shape index (κ2) is 4.43. The van der Waals surface area contributed by atoms with Gasteiger partial charge in [0, 0.05) is 11.0 Å². The number of nitrogens with two attached hydrogens (primary N) is 1. The highest BCUT2D eigenvalue weighted by molar-refractivity contribution is 9.10. The first-order valence-corrected chi connectivity index (χ1v) is 4.66.